The number of piperidine rings is 2. The lowest BCUT2D eigenvalue weighted by molar-refractivity contribution is -0.385. The molecule has 12 aromatic rings. The van der Waals surface area contributed by atoms with E-state index in [9.17, 15) is 63.3 Å². The molecule has 0 radical (unpaired) electrons. The smallest absolute Gasteiger partial charge is 0.396 e. The predicted octanol–water partition coefficient (Wildman–Crippen LogP) is 23.1. The molecule has 25 nitrogen and oxygen atoms in total. The molecule has 2 aromatic heterocycles. The summed E-state index contributed by atoms with van der Waals surface area (Å²) in [6.45, 7) is 22.4. The molecule has 18 rings (SSSR count). The van der Waals surface area contributed by atoms with E-state index in [1.54, 1.807) is 71.5 Å². The van der Waals surface area contributed by atoms with Gasteiger partial charge in [-0.25, -0.2) is 29.6 Å². The highest BCUT2D eigenvalue weighted by molar-refractivity contribution is 7.99. The van der Waals surface area contributed by atoms with Gasteiger partial charge in [0.2, 0.25) is 0 Å². The lowest BCUT2D eigenvalue weighted by atomic mass is 9.95. The van der Waals surface area contributed by atoms with Gasteiger partial charge in [-0.05, 0) is 310 Å². The van der Waals surface area contributed by atoms with E-state index in [1.807, 2.05) is 165 Å². The molecule has 4 atom stereocenters. The number of nitro groups is 1. The van der Waals surface area contributed by atoms with Crippen LogP contribution in [-0.2, 0) is 60.5 Å². The third kappa shape index (κ3) is 25.1. The van der Waals surface area contributed by atoms with Crippen molar-refractivity contribution in [3.05, 3.63) is 285 Å². The van der Waals surface area contributed by atoms with E-state index in [4.69, 9.17) is 32.2 Å². The number of aliphatic hydroxyl groups excluding tert-OH is 2. The summed E-state index contributed by atoms with van der Waals surface area (Å²) in [5.74, 6) is 0.982. The zero-order valence-corrected chi connectivity index (χ0v) is 92.8. The topological polar surface area (TPSA) is 274 Å². The number of hydrogen-bond donors (Lipinski definition) is 2. The molecule has 6 aliphatic heterocycles. The molecule has 0 spiro atoms. The van der Waals surface area contributed by atoms with Crippen molar-refractivity contribution in [2.45, 2.75) is 141 Å². The minimum absolute atomic E-state index is 0.00198. The van der Waals surface area contributed by atoms with Gasteiger partial charge in [0, 0.05) is 196 Å². The molecule has 2 N–H and O–H groups in total. The van der Waals surface area contributed by atoms with Gasteiger partial charge in [-0.3, -0.25) is 28.6 Å². The third-order valence-electron chi connectivity index (χ3n) is 29.5. The zero-order valence-electron chi connectivity index (χ0n) is 85.4. The summed E-state index contributed by atoms with van der Waals surface area (Å²) < 4.78 is 190. The van der Waals surface area contributed by atoms with Gasteiger partial charge >= 0.3 is 20.5 Å². The van der Waals surface area contributed by atoms with Crippen molar-refractivity contribution >= 4 is 142 Å². The van der Waals surface area contributed by atoms with E-state index in [0.717, 1.165) is 158 Å². The van der Waals surface area contributed by atoms with Gasteiger partial charge < -0.3 is 57.8 Å². The minimum atomic E-state index is -5.90. The Bertz CT molecular complexity index is 7270. The fourth-order valence-electron chi connectivity index (χ4n) is 21.8. The third-order valence-corrected chi connectivity index (χ3v) is 41.6. The van der Waals surface area contributed by atoms with Crippen molar-refractivity contribution < 1.29 is 76.1 Å². The van der Waals surface area contributed by atoms with E-state index in [-0.39, 0.29) is 95.1 Å². The number of nitro benzene ring substituents is 1. The second-order valence-corrected chi connectivity index (χ2v) is 53.7. The summed E-state index contributed by atoms with van der Waals surface area (Å²) in [6.07, 6.45) is 7.43. The minimum Gasteiger partial charge on any atom is -0.396 e. The van der Waals surface area contributed by atoms with E-state index in [0.29, 0.717) is 129 Å². The lowest BCUT2D eigenvalue weighted by Crippen LogP contribution is -2.46. The number of alkyl halides is 3. The molecule has 0 amide bonds. The Hall–Kier alpha value is -9.97. The first-order valence-corrected chi connectivity index (χ1v) is 62.2. The van der Waals surface area contributed by atoms with Crippen molar-refractivity contribution in [3.8, 4) is 44.8 Å². The average molecular weight is 2220 g/mol. The van der Waals surface area contributed by atoms with Crippen LogP contribution in [0.5, 0.6) is 0 Å². The van der Waals surface area contributed by atoms with Crippen LogP contribution in [0, 0.1) is 47.5 Å². The monoisotopic (exact) mass is 2220 g/mol. The zero-order chi connectivity index (χ0) is 106. The first kappa shape index (κ1) is 111. The highest BCUT2D eigenvalue weighted by Crippen LogP contribution is 2.59. The van der Waals surface area contributed by atoms with Gasteiger partial charge in [0.25, 0.3) is 15.5 Å². The number of likely N-dealkylation sites (tertiary alicyclic amines) is 2. The highest BCUT2D eigenvalue weighted by atomic mass is 35.5. The molecule has 6 saturated heterocycles. The second kappa shape index (κ2) is 47.5. The Morgan fingerprint density at radius 3 is 1.31 bits per heavy atom. The van der Waals surface area contributed by atoms with Gasteiger partial charge in [-0.2, -0.15) is 13.2 Å². The molecule has 150 heavy (non-hydrogen) atoms. The number of sulfone groups is 3. The fraction of sp³-hybridized carbons (Fsp3) is 0.393. The number of nitrogens with zero attached hydrogens (tertiary/aromatic N) is 11. The molecule has 0 saturated carbocycles. The fourth-order valence-corrected chi connectivity index (χ4v) is 32.2. The van der Waals surface area contributed by atoms with Gasteiger partial charge in [0.05, 0.1) is 74.0 Å². The molecular weight excluding hydrogens is 2090 g/mol. The molecule has 38 heteroatoms. The number of anilines is 6. The molecule has 0 bridgehead atoms. The van der Waals surface area contributed by atoms with Crippen LogP contribution < -0.4 is 39.5 Å². The number of halogens is 6. The van der Waals surface area contributed by atoms with Crippen molar-refractivity contribution in [1.82, 2.24) is 18.9 Å². The van der Waals surface area contributed by atoms with Gasteiger partial charge in [0.1, 0.15) is 5.82 Å². The van der Waals surface area contributed by atoms with Crippen LogP contribution in [0.2, 0.25) is 10.0 Å². The molecule has 10 aromatic carbocycles. The number of rotatable bonds is 35. The first-order chi connectivity index (χ1) is 71.6. The number of aromatic nitrogens is 2. The standard InChI is InChI=1S/C57H65ClF4N5O7PS3.C55H64ClN6O7PS2/c1-39(2)67-40(3)56(77(4,70)71)54(55(67)43-10-13-46(58)14-11-43)45-33-47(59)35-50(34-45)65-28-26-64(27-29-65)48-15-17-49(18-16-48)66-30-31-74-75(66,69)51-19-12-44(53(36-51)78(72,73)57(60,61)62)32-42(38-76-52-8-6-5-7-9-52)22-25-63-23-20-41(37-68)21-24-63;1-39(2)61-40(3)55(72(4,67)68)53(54(61)42-13-16-45(56)17-14-42)44-9-8-10-48(36-44)59-31-29-58(30-32-59)46-18-20-47(21-19-46)60-33-34-69-70(60,66)50-22-15-43(52(37-50)62(64)65)35-41(38-71-51-11-6-5-7-12-51)23-26-57-27-24-49(63)25-28-57/h5-19,33-36,39,41-42,68H,20-32,37-38H2,1-4H3;5-22,36-37,39,41,49,63H,23-35,38H2,1-4H3/t42-,75-;41-,70+/m00/s1. The van der Waals surface area contributed by atoms with Gasteiger partial charge in [-0.1, -0.05) is 108 Å². The maximum absolute atomic E-state index is 15.9. The quantitative estimate of drug-likeness (QED) is 0.0123. The lowest BCUT2D eigenvalue weighted by Gasteiger charge is -2.37. The Morgan fingerprint density at radius 2 is 0.873 bits per heavy atom. The van der Waals surface area contributed by atoms with Crippen LogP contribution in [0.4, 0.5) is 57.4 Å². The van der Waals surface area contributed by atoms with Crippen LogP contribution in [0.15, 0.2) is 261 Å². The molecule has 0 unspecified atom stereocenters. The summed E-state index contributed by atoms with van der Waals surface area (Å²) in [5, 5.41) is 33.7. The summed E-state index contributed by atoms with van der Waals surface area (Å²) >= 11 is 15.9. The number of thioether (sulfide) groups is 2. The van der Waals surface area contributed by atoms with Crippen molar-refractivity contribution in [2.24, 2.45) is 17.8 Å². The maximum atomic E-state index is 15.9. The number of aliphatic hydroxyl groups is 2. The number of piperazine rings is 2. The largest absolute Gasteiger partial charge is 0.501 e. The van der Waals surface area contributed by atoms with Crippen molar-refractivity contribution in [1.29, 1.82) is 0 Å². The first-order valence-electron chi connectivity index (χ1n) is 51.0. The SMILES string of the molecule is Cc1c(S(C)(=O)=O)c(-c2cc(F)cc(N3CCN(c4ccc(N5CCO[P@@]5(=O)c5ccc(C[C@H](CCN6CCC(CO)CC6)CSc6ccccc6)c(S(=O)(=O)C(F)(F)F)c5)cc4)CC3)c2)c(-c2ccc(Cl)cc2)n1C(C)C.Cc1c(S(C)(=O)=O)c(-c2cccc(N3CCN(c4ccc(N5CCO[P@]5(=O)c5ccc(C[C@H](CCN6CCC(O)CC6)CSc6ccccc6)c([N+](=O)[O-])c5)cc4)CC3)c2)c(-c2ccc(Cl)cc2)n1C(C)C. The summed E-state index contributed by atoms with van der Waals surface area (Å²) in [5.41, 5.74) is 6.32. The summed E-state index contributed by atoms with van der Waals surface area (Å²) in [4.78, 5) is 27.6. The van der Waals surface area contributed by atoms with E-state index < -0.39 is 60.8 Å². The van der Waals surface area contributed by atoms with Gasteiger partial charge in [0.15, 0.2) is 19.7 Å². The van der Waals surface area contributed by atoms with Crippen LogP contribution in [0.3, 0.4) is 0 Å². The Labute approximate surface area is 896 Å². The Kier molecular flexibility index (Phi) is 35.2. The second-order valence-electron chi connectivity index (χ2n) is 40.3. The summed E-state index contributed by atoms with van der Waals surface area (Å²) in [6, 6.07) is 71.1. The van der Waals surface area contributed by atoms with Crippen molar-refractivity contribution in [3.63, 3.8) is 0 Å². The Balaban J connectivity index is 0.000000205. The van der Waals surface area contributed by atoms with E-state index >= 15 is 8.96 Å². The molecule has 0 aliphatic carbocycles. The molecule has 798 valence electrons. The van der Waals surface area contributed by atoms with Crippen LogP contribution in [0.1, 0.15) is 101 Å². The number of hydrogen-bond acceptors (Lipinski definition) is 22. The predicted molar refractivity (Wildman–Crippen MR) is 599 cm³/mol. The molecule has 6 fully saturated rings. The van der Waals surface area contributed by atoms with Crippen LogP contribution in [-0.4, -0.2) is 219 Å². The van der Waals surface area contributed by atoms with Crippen molar-refractivity contribution in [2.75, 3.05) is 177 Å². The Morgan fingerprint density at radius 1 is 0.467 bits per heavy atom. The molecule has 8 heterocycles. The highest BCUT2D eigenvalue weighted by Gasteiger charge is 2.50. The molecular formula is C112H129Cl2F4N11O14P2S5. The van der Waals surface area contributed by atoms with E-state index in [2.05, 4.69) is 72.1 Å². The molecule has 6 aliphatic rings. The van der Waals surface area contributed by atoms with Gasteiger partial charge in [-0.15, -0.1) is 23.5 Å². The number of benzene rings is 10. The summed E-state index contributed by atoms with van der Waals surface area (Å²) in [7, 11) is -21.1. The maximum Gasteiger partial charge on any atom is 0.501 e. The normalized spacial score (nSPS) is 18.6. The van der Waals surface area contributed by atoms with Crippen LogP contribution >= 0.6 is 61.8 Å². The van der Waals surface area contributed by atoms with Crippen LogP contribution in [0.25, 0.3) is 44.8 Å². The average Bonchev–Trinajstić information content (AvgIpc) is 1.58. The van der Waals surface area contributed by atoms with E-state index in [1.165, 1.54) is 47.5 Å².